The maximum absolute atomic E-state index is 13.0. The summed E-state index contributed by atoms with van der Waals surface area (Å²) in [4.78, 5) is 0. The van der Waals surface area contributed by atoms with Crippen LogP contribution < -0.4 is 5.73 Å². The predicted molar refractivity (Wildman–Crippen MR) is 56.6 cm³/mol. The minimum absolute atomic E-state index is 0. The van der Waals surface area contributed by atoms with Crippen molar-refractivity contribution in [3.63, 3.8) is 0 Å². The second-order valence-electron chi connectivity index (χ2n) is 3.11. The predicted octanol–water partition coefficient (Wildman–Crippen LogP) is 2.96. The molecule has 4 heteroatoms. The number of hydrogen-bond donors (Lipinski definition) is 1. The van der Waals surface area contributed by atoms with E-state index in [9.17, 15) is 4.39 Å². The summed E-state index contributed by atoms with van der Waals surface area (Å²) in [6, 6.07) is 3.40. The van der Waals surface area contributed by atoms with Gasteiger partial charge in [0.05, 0.1) is 4.47 Å². The van der Waals surface area contributed by atoms with E-state index in [2.05, 4.69) is 15.9 Å². The Balaban J connectivity index is 0.000000845. The van der Waals surface area contributed by atoms with E-state index < -0.39 is 0 Å². The molecule has 1 aliphatic carbocycles. The first kappa shape index (κ1) is 11.0. The molecule has 0 amide bonds. The average molecular weight is 267 g/mol. The highest BCUT2D eigenvalue weighted by Crippen LogP contribution is 2.32. The van der Waals surface area contributed by atoms with Crippen molar-refractivity contribution in [3.8, 4) is 0 Å². The van der Waals surface area contributed by atoms with Crippen LogP contribution in [0.4, 0.5) is 4.39 Å². The quantitative estimate of drug-likeness (QED) is 0.768. The number of nitrogens with two attached hydrogens (primary N) is 1. The Morgan fingerprint density at radius 3 is 2.85 bits per heavy atom. The van der Waals surface area contributed by atoms with Gasteiger partial charge in [0.15, 0.2) is 0 Å². The number of aryl methyl sites for hydroxylation is 1. The molecule has 1 nitrogen and oxygen atoms in total. The first-order valence-electron chi connectivity index (χ1n) is 3.92. The van der Waals surface area contributed by atoms with Gasteiger partial charge in [0, 0.05) is 6.04 Å². The molecule has 0 unspecified atom stereocenters. The molecule has 2 rings (SSSR count). The van der Waals surface area contributed by atoms with Gasteiger partial charge in [0.1, 0.15) is 5.82 Å². The first-order chi connectivity index (χ1) is 5.68. The van der Waals surface area contributed by atoms with Crippen LogP contribution >= 0.6 is 28.3 Å². The average Bonchev–Trinajstić information content (AvgIpc) is 2.35. The molecule has 1 aliphatic rings. The Labute approximate surface area is 91.0 Å². The molecular weight excluding hydrogens is 256 g/mol. The van der Waals surface area contributed by atoms with Crippen molar-refractivity contribution in [2.45, 2.75) is 18.9 Å². The van der Waals surface area contributed by atoms with E-state index in [-0.39, 0.29) is 24.3 Å². The monoisotopic (exact) mass is 265 g/mol. The third kappa shape index (κ3) is 1.87. The Kier molecular flexibility index (Phi) is 3.33. The lowest BCUT2D eigenvalue weighted by Crippen LogP contribution is -2.05. The molecule has 0 radical (unpaired) electrons. The molecule has 0 heterocycles. The van der Waals surface area contributed by atoms with Gasteiger partial charge < -0.3 is 5.73 Å². The van der Waals surface area contributed by atoms with Crippen molar-refractivity contribution < 1.29 is 4.39 Å². The summed E-state index contributed by atoms with van der Waals surface area (Å²) in [5, 5.41) is 0. The molecule has 0 bridgehead atoms. The molecule has 2 N–H and O–H groups in total. The van der Waals surface area contributed by atoms with Gasteiger partial charge in [-0.1, -0.05) is 0 Å². The summed E-state index contributed by atoms with van der Waals surface area (Å²) in [5.41, 5.74) is 7.93. The molecule has 0 saturated heterocycles. The minimum Gasteiger partial charge on any atom is -0.324 e. The number of benzene rings is 1. The van der Waals surface area contributed by atoms with Gasteiger partial charge in [-0.05, 0) is 52.0 Å². The Bertz CT molecular complexity index is 330. The van der Waals surface area contributed by atoms with Crippen LogP contribution in [0, 0.1) is 5.82 Å². The third-order valence-electron chi connectivity index (χ3n) is 2.31. The zero-order chi connectivity index (χ0) is 8.72. The molecule has 1 aromatic carbocycles. The normalized spacial score (nSPS) is 19.5. The van der Waals surface area contributed by atoms with E-state index in [4.69, 9.17) is 5.73 Å². The fourth-order valence-electron chi connectivity index (χ4n) is 1.63. The van der Waals surface area contributed by atoms with E-state index in [0.717, 1.165) is 18.4 Å². The molecule has 13 heavy (non-hydrogen) atoms. The highest BCUT2D eigenvalue weighted by atomic mass is 79.9. The molecule has 1 atom stereocenters. The molecule has 0 fully saturated rings. The highest BCUT2D eigenvalue weighted by Gasteiger charge is 2.20. The van der Waals surface area contributed by atoms with Crippen molar-refractivity contribution in [1.82, 2.24) is 0 Å². The molecule has 72 valence electrons. The van der Waals surface area contributed by atoms with E-state index in [1.54, 1.807) is 0 Å². The number of hydrogen-bond acceptors (Lipinski definition) is 1. The largest absolute Gasteiger partial charge is 0.324 e. The van der Waals surface area contributed by atoms with Gasteiger partial charge in [0.25, 0.3) is 0 Å². The lowest BCUT2D eigenvalue weighted by molar-refractivity contribution is 0.615. The highest BCUT2D eigenvalue weighted by molar-refractivity contribution is 9.10. The molecule has 0 saturated carbocycles. The van der Waals surface area contributed by atoms with Gasteiger partial charge in [-0.3, -0.25) is 0 Å². The Hall–Kier alpha value is -0.120. The maximum atomic E-state index is 13.0. The summed E-state index contributed by atoms with van der Waals surface area (Å²) >= 11 is 3.15. The smallest absolute Gasteiger partial charge is 0.137 e. The molecule has 0 aliphatic heterocycles. The molecule has 1 aromatic rings. The van der Waals surface area contributed by atoms with Crippen LogP contribution in [-0.2, 0) is 6.42 Å². The van der Waals surface area contributed by atoms with Crippen LogP contribution in [-0.4, -0.2) is 0 Å². The maximum Gasteiger partial charge on any atom is 0.137 e. The Morgan fingerprint density at radius 1 is 1.46 bits per heavy atom. The van der Waals surface area contributed by atoms with E-state index in [1.807, 2.05) is 6.07 Å². The number of halogens is 3. The lowest BCUT2D eigenvalue weighted by Gasteiger charge is -2.04. The zero-order valence-electron chi connectivity index (χ0n) is 6.89. The SMILES string of the molecule is Cl.N[C@H]1CCc2cc(Br)c(F)cc21. The summed E-state index contributed by atoms with van der Waals surface area (Å²) in [5.74, 6) is -0.217. The van der Waals surface area contributed by atoms with Crippen LogP contribution in [0.25, 0.3) is 0 Å². The standard InChI is InChI=1S/C9H9BrFN.ClH/c10-7-3-5-1-2-9(12)6(5)4-8(7)11;/h3-4,9H,1-2,12H2;1H/t9-;/m0./s1. The second-order valence-corrected chi connectivity index (χ2v) is 3.96. The summed E-state index contributed by atoms with van der Waals surface area (Å²) in [7, 11) is 0. The van der Waals surface area contributed by atoms with Crippen molar-refractivity contribution in [2.24, 2.45) is 5.73 Å². The Morgan fingerprint density at radius 2 is 2.15 bits per heavy atom. The van der Waals surface area contributed by atoms with Gasteiger partial charge >= 0.3 is 0 Å². The molecular formula is C9H10BrClFN. The van der Waals surface area contributed by atoms with Gasteiger partial charge in [-0.25, -0.2) is 4.39 Å². The summed E-state index contributed by atoms with van der Waals surface area (Å²) in [6.45, 7) is 0. The van der Waals surface area contributed by atoms with Crippen LogP contribution in [0.5, 0.6) is 0 Å². The number of fused-ring (bicyclic) bond motifs is 1. The summed E-state index contributed by atoms with van der Waals surface area (Å²) < 4.78 is 13.6. The van der Waals surface area contributed by atoms with Gasteiger partial charge in [-0.15, -0.1) is 12.4 Å². The fourth-order valence-corrected chi connectivity index (χ4v) is 2.02. The van der Waals surface area contributed by atoms with Crippen molar-refractivity contribution in [3.05, 3.63) is 33.5 Å². The van der Waals surface area contributed by atoms with Crippen LogP contribution in [0.3, 0.4) is 0 Å². The number of rotatable bonds is 0. The van der Waals surface area contributed by atoms with Gasteiger partial charge in [0.2, 0.25) is 0 Å². The first-order valence-corrected chi connectivity index (χ1v) is 4.71. The van der Waals surface area contributed by atoms with E-state index >= 15 is 0 Å². The zero-order valence-corrected chi connectivity index (χ0v) is 9.29. The van der Waals surface area contributed by atoms with E-state index in [0.29, 0.717) is 4.47 Å². The van der Waals surface area contributed by atoms with Crippen LogP contribution in [0.15, 0.2) is 16.6 Å². The fraction of sp³-hybridized carbons (Fsp3) is 0.333. The van der Waals surface area contributed by atoms with Crippen LogP contribution in [0.1, 0.15) is 23.6 Å². The second kappa shape index (κ2) is 3.95. The third-order valence-corrected chi connectivity index (χ3v) is 2.91. The molecule has 0 aromatic heterocycles. The van der Waals surface area contributed by atoms with Crippen molar-refractivity contribution in [2.75, 3.05) is 0 Å². The van der Waals surface area contributed by atoms with E-state index in [1.165, 1.54) is 11.6 Å². The minimum atomic E-state index is -0.217. The van der Waals surface area contributed by atoms with Crippen molar-refractivity contribution in [1.29, 1.82) is 0 Å². The van der Waals surface area contributed by atoms with Gasteiger partial charge in [-0.2, -0.15) is 0 Å². The lowest BCUT2D eigenvalue weighted by atomic mass is 10.1. The summed E-state index contributed by atoms with van der Waals surface area (Å²) in [6.07, 6.45) is 1.90. The van der Waals surface area contributed by atoms with Crippen LogP contribution in [0.2, 0.25) is 0 Å². The van der Waals surface area contributed by atoms with Crippen molar-refractivity contribution >= 4 is 28.3 Å². The topological polar surface area (TPSA) is 26.0 Å². The molecule has 0 spiro atoms.